The first-order valence-corrected chi connectivity index (χ1v) is 17.2. The maximum atomic E-state index is 14.1. The fourth-order valence-corrected chi connectivity index (χ4v) is 7.23. The van der Waals surface area contributed by atoms with Crippen LogP contribution in [0.5, 0.6) is 5.75 Å². The van der Waals surface area contributed by atoms with Crippen LogP contribution in [0.3, 0.4) is 0 Å². The Labute approximate surface area is 261 Å². The van der Waals surface area contributed by atoms with Crippen molar-refractivity contribution in [2.45, 2.75) is 89.1 Å². The molecular formula is C33H42F7NO3S. The van der Waals surface area contributed by atoms with E-state index in [1.165, 1.54) is 12.1 Å². The Morgan fingerprint density at radius 3 is 2.09 bits per heavy atom. The van der Waals surface area contributed by atoms with Gasteiger partial charge < -0.3 is 10.0 Å². The van der Waals surface area contributed by atoms with Gasteiger partial charge in [-0.1, -0.05) is 18.9 Å². The van der Waals surface area contributed by atoms with Crippen LogP contribution in [-0.4, -0.2) is 62.2 Å². The smallest absolute Gasteiger partial charge is 0.453 e. The van der Waals surface area contributed by atoms with E-state index >= 15 is 0 Å². The number of unbranched alkanes of at least 4 members (excludes halogenated alkanes) is 4. The van der Waals surface area contributed by atoms with E-state index in [0.29, 0.717) is 31.4 Å². The van der Waals surface area contributed by atoms with Gasteiger partial charge in [-0.15, -0.1) is 0 Å². The molecular weight excluding hydrogens is 623 g/mol. The van der Waals surface area contributed by atoms with Crippen molar-refractivity contribution in [3.05, 3.63) is 64.7 Å². The minimum absolute atomic E-state index is 0.186. The Bertz CT molecular complexity index is 1390. The monoisotopic (exact) mass is 665 g/mol. The lowest BCUT2D eigenvalue weighted by molar-refractivity contribution is -0.284. The lowest BCUT2D eigenvalue weighted by atomic mass is 9.89. The van der Waals surface area contributed by atoms with Gasteiger partial charge in [0.05, 0.1) is 11.5 Å². The molecule has 252 valence electrons. The van der Waals surface area contributed by atoms with Crippen molar-refractivity contribution in [3.63, 3.8) is 0 Å². The minimum atomic E-state index is -5.68. The number of benzene rings is 2. The molecule has 2 aromatic rings. The van der Waals surface area contributed by atoms with Gasteiger partial charge in [-0.3, -0.25) is 0 Å². The van der Waals surface area contributed by atoms with Crippen molar-refractivity contribution < 1.29 is 44.3 Å². The largest absolute Gasteiger partial charge is 0.508 e. The predicted octanol–water partition coefficient (Wildman–Crippen LogP) is 8.97. The van der Waals surface area contributed by atoms with Gasteiger partial charge in [-0.05, 0) is 130 Å². The fourth-order valence-electron chi connectivity index (χ4n) is 5.79. The summed E-state index contributed by atoms with van der Waals surface area (Å²) < 4.78 is 115. The predicted molar refractivity (Wildman–Crippen MR) is 163 cm³/mol. The molecule has 1 aliphatic carbocycles. The van der Waals surface area contributed by atoms with Crippen LogP contribution < -0.4 is 0 Å². The number of halogens is 7. The lowest BCUT2D eigenvalue weighted by Gasteiger charge is -2.19. The van der Waals surface area contributed by atoms with Gasteiger partial charge in [0.15, 0.2) is 0 Å². The molecule has 1 aliphatic rings. The summed E-state index contributed by atoms with van der Waals surface area (Å²) in [5, 5.41) is 10.0. The Balaban J connectivity index is 1.42. The third-order valence-corrected chi connectivity index (χ3v) is 10.0. The zero-order chi connectivity index (χ0) is 33.3. The number of hydrogen-bond donors (Lipinski definition) is 1. The van der Waals surface area contributed by atoms with Gasteiger partial charge in [-0.2, -0.15) is 22.0 Å². The molecule has 0 radical (unpaired) electrons. The molecule has 0 spiro atoms. The summed E-state index contributed by atoms with van der Waals surface area (Å²) in [6, 6.07) is 8.88. The van der Waals surface area contributed by atoms with E-state index in [1.807, 2.05) is 13.1 Å². The maximum Gasteiger partial charge on any atom is 0.453 e. The first-order valence-electron chi connectivity index (χ1n) is 15.4. The standard InChI is InChI=1S/C33H42F7NO3S/c1-41(17-6-7-18-45(43,44)19-9-15-32(36,37)33(38,39)40)16-5-3-2-4-11-31-29(25-20-26(34)23-27(35)21-25)12-8-10-24-22-28(42)13-14-30(24)31/h13-14,20-23,42H,2-12,15-19H2,1H3. The first-order chi connectivity index (χ1) is 21.1. The summed E-state index contributed by atoms with van der Waals surface area (Å²) in [5.74, 6) is -6.89. The van der Waals surface area contributed by atoms with Crippen molar-refractivity contribution >= 4 is 21.0 Å². The number of aromatic hydroxyl groups is 1. The van der Waals surface area contributed by atoms with Crippen LogP contribution in [0.4, 0.5) is 30.7 Å². The molecule has 0 aliphatic heterocycles. The molecule has 0 saturated heterocycles. The zero-order valence-corrected chi connectivity index (χ0v) is 26.4. The van der Waals surface area contributed by atoms with Crippen molar-refractivity contribution in [2.75, 3.05) is 31.6 Å². The number of allylic oxidation sites excluding steroid dienone is 2. The van der Waals surface area contributed by atoms with E-state index in [-0.39, 0.29) is 11.5 Å². The molecule has 0 aromatic heterocycles. The third kappa shape index (κ3) is 11.6. The molecule has 2 aromatic carbocycles. The van der Waals surface area contributed by atoms with Gasteiger partial charge >= 0.3 is 12.1 Å². The Morgan fingerprint density at radius 2 is 1.42 bits per heavy atom. The van der Waals surface area contributed by atoms with Crippen LogP contribution in [0, 0.1) is 11.6 Å². The molecule has 4 nitrogen and oxygen atoms in total. The highest BCUT2D eigenvalue weighted by atomic mass is 32.2. The number of phenolic OH excluding ortho intramolecular Hbond substituents is 1. The fraction of sp³-hybridized carbons (Fsp3) is 0.576. The van der Waals surface area contributed by atoms with Crippen LogP contribution >= 0.6 is 0 Å². The van der Waals surface area contributed by atoms with E-state index in [4.69, 9.17) is 0 Å². The number of phenols is 1. The summed E-state index contributed by atoms with van der Waals surface area (Å²) in [4.78, 5) is 2.07. The van der Waals surface area contributed by atoms with E-state index in [9.17, 15) is 44.3 Å². The Kier molecular flexibility index (Phi) is 13.3. The number of rotatable bonds is 17. The van der Waals surface area contributed by atoms with E-state index < -0.39 is 52.2 Å². The van der Waals surface area contributed by atoms with Crippen molar-refractivity contribution in [2.24, 2.45) is 0 Å². The highest BCUT2D eigenvalue weighted by Crippen LogP contribution is 2.40. The molecule has 12 heteroatoms. The second kappa shape index (κ2) is 16.3. The van der Waals surface area contributed by atoms with Gasteiger partial charge in [0.2, 0.25) is 0 Å². The maximum absolute atomic E-state index is 14.1. The second-order valence-electron chi connectivity index (χ2n) is 11.9. The van der Waals surface area contributed by atoms with Gasteiger partial charge in [-0.25, -0.2) is 17.2 Å². The lowest BCUT2D eigenvalue weighted by Crippen LogP contribution is -2.36. The SMILES string of the molecule is CN(CCCCCCC1=C(c2cc(F)cc(F)c2)CCCc2cc(O)ccc21)CCCCS(=O)(=O)CCCC(F)(F)C(F)(F)F. The summed E-state index contributed by atoms with van der Waals surface area (Å²) in [6.45, 7) is 1.42. The second-order valence-corrected chi connectivity index (χ2v) is 14.2. The molecule has 3 rings (SSSR count). The van der Waals surface area contributed by atoms with Crippen LogP contribution in [0.15, 0.2) is 36.4 Å². The minimum Gasteiger partial charge on any atom is -0.508 e. The summed E-state index contributed by atoms with van der Waals surface area (Å²) in [7, 11) is -1.79. The number of alkyl halides is 5. The molecule has 0 amide bonds. The van der Waals surface area contributed by atoms with Crippen LogP contribution in [0.1, 0.15) is 87.3 Å². The molecule has 0 fully saturated rings. The number of aryl methyl sites for hydroxylation is 1. The number of sulfone groups is 1. The number of fused-ring (bicyclic) bond motifs is 1. The molecule has 0 heterocycles. The molecule has 0 saturated carbocycles. The molecule has 0 unspecified atom stereocenters. The van der Waals surface area contributed by atoms with E-state index in [1.54, 1.807) is 12.1 Å². The molecule has 0 bridgehead atoms. The number of hydrogen-bond acceptors (Lipinski definition) is 4. The average Bonchev–Trinajstić information content (AvgIpc) is 3.10. The van der Waals surface area contributed by atoms with Gasteiger partial charge in [0, 0.05) is 12.5 Å². The van der Waals surface area contributed by atoms with Crippen molar-refractivity contribution in [1.29, 1.82) is 0 Å². The van der Waals surface area contributed by atoms with Crippen LogP contribution in [0.25, 0.3) is 11.1 Å². The van der Waals surface area contributed by atoms with E-state index in [2.05, 4.69) is 4.90 Å². The highest BCUT2D eigenvalue weighted by Gasteiger charge is 2.56. The number of nitrogens with zero attached hydrogens (tertiary/aromatic N) is 1. The Hall–Kier alpha value is -2.60. The third-order valence-electron chi connectivity index (χ3n) is 8.18. The topological polar surface area (TPSA) is 57.6 Å². The molecule has 0 atom stereocenters. The van der Waals surface area contributed by atoms with Crippen LogP contribution in [-0.2, 0) is 16.3 Å². The summed E-state index contributed by atoms with van der Waals surface area (Å²) in [6.07, 6.45) is -0.494. The van der Waals surface area contributed by atoms with Crippen molar-refractivity contribution in [3.8, 4) is 5.75 Å². The summed E-state index contributed by atoms with van der Waals surface area (Å²) in [5.41, 5.74) is 4.55. The van der Waals surface area contributed by atoms with Crippen molar-refractivity contribution in [1.82, 2.24) is 4.90 Å². The summed E-state index contributed by atoms with van der Waals surface area (Å²) >= 11 is 0. The molecule has 1 N–H and O–H groups in total. The highest BCUT2D eigenvalue weighted by molar-refractivity contribution is 7.91. The van der Waals surface area contributed by atoms with Gasteiger partial charge in [0.25, 0.3) is 0 Å². The quantitative estimate of drug-likeness (QED) is 0.135. The van der Waals surface area contributed by atoms with Crippen LogP contribution in [0.2, 0.25) is 0 Å². The van der Waals surface area contributed by atoms with Gasteiger partial charge in [0.1, 0.15) is 27.2 Å². The first kappa shape index (κ1) is 36.9. The van der Waals surface area contributed by atoms with E-state index in [0.717, 1.165) is 79.8 Å². The molecule has 45 heavy (non-hydrogen) atoms. The zero-order valence-electron chi connectivity index (χ0n) is 25.5. The average molecular weight is 666 g/mol. The normalized spacial score (nSPS) is 14.6. The Morgan fingerprint density at radius 1 is 0.800 bits per heavy atom.